The zero-order valence-corrected chi connectivity index (χ0v) is 17.9. The Morgan fingerprint density at radius 2 is 2.07 bits per heavy atom. The van der Waals surface area contributed by atoms with Gasteiger partial charge in [-0.1, -0.05) is 28.1 Å². The number of aromatic nitrogens is 1. The predicted molar refractivity (Wildman–Crippen MR) is 118 cm³/mol. The number of fused-ring (bicyclic) bond motifs is 1. The molecular formula is C21H17BrFN3O2S. The molecule has 4 rings (SSSR count). The summed E-state index contributed by atoms with van der Waals surface area (Å²) in [5.41, 5.74) is 2.29. The predicted octanol–water partition coefficient (Wildman–Crippen LogP) is 4.31. The zero-order valence-electron chi connectivity index (χ0n) is 15.5. The molecule has 29 heavy (non-hydrogen) atoms. The lowest BCUT2D eigenvalue weighted by molar-refractivity contribution is -0.121. The summed E-state index contributed by atoms with van der Waals surface area (Å²) in [6, 6.07) is 12.3. The lowest BCUT2D eigenvalue weighted by Gasteiger charge is -2.09. The fraction of sp³-hybridized carbons (Fsp3) is 0.143. The van der Waals surface area contributed by atoms with Crippen molar-refractivity contribution in [3.63, 3.8) is 0 Å². The first-order valence-electron chi connectivity index (χ1n) is 8.90. The Balaban J connectivity index is 1.63. The molecule has 0 aliphatic carbocycles. The van der Waals surface area contributed by atoms with Crippen LogP contribution in [0.4, 0.5) is 4.39 Å². The minimum absolute atomic E-state index is 0.172. The maximum atomic E-state index is 13.7. The van der Waals surface area contributed by atoms with Gasteiger partial charge in [0.1, 0.15) is 12.3 Å². The van der Waals surface area contributed by atoms with Crippen LogP contribution in [0.1, 0.15) is 5.56 Å². The molecule has 1 aliphatic rings. The van der Waals surface area contributed by atoms with E-state index in [0.717, 1.165) is 20.9 Å². The number of carbonyl (C=O) groups excluding carboxylic acids is 1. The van der Waals surface area contributed by atoms with Crippen molar-refractivity contribution in [2.45, 2.75) is 6.54 Å². The van der Waals surface area contributed by atoms with Crippen LogP contribution in [0.15, 0.2) is 58.8 Å². The Morgan fingerprint density at radius 1 is 1.28 bits per heavy atom. The number of carbonyl (C=O) groups is 1. The van der Waals surface area contributed by atoms with Gasteiger partial charge < -0.3 is 14.6 Å². The molecule has 1 aromatic heterocycles. The minimum atomic E-state index is -0.384. The van der Waals surface area contributed by atoms with Crippen molar-refractivity contribution < 1.29 is 13.9 Å². The van der Waals surface area contributed by atoms with Crippen molar-refractivity contribution in [1.29, 1.82) is 0 Å². The molecule has 1 fully saturated rings. The normalized spacial score (nSPS) is 15.4. The number of hydrogen-bond donors (Lipinski definition) is 1. The number of thiocarbonyl (C=S) groups is 1. The molecule has 5 nitrogen and oxygen atoms in total. The van der Waals surface area contributed by atoms with Crippen LogP contribution in [-0.4, -0.2) is 34.1 Å². The molecular weight excluding hydrogens is 457 g/mol. The molecule has 0 radical (unpaired) electrons. The molecule has 2 heterocycles. The van der Waals surface area contributed by atoms with Gasteiger partial charge in [-0.15, -0.1) is 0 Å². The Kier molecular flexibility index (Phi) is 5.38. The first-order valence-corrected chi connectivity index (χ1v) is 10.1. The summed E-state index contributed by atoms with van der Waals surface area (Å²) in [6.07, 6.45) is 3.74. The average molecular weight is 474 g/mol. The molecule has 3 aromatic rings. The van der Waals surface area contributed by atoms with E-state index in [1.807, 2.05) is 29.0 Å². The van der Waals surface area contributed by atoms with Crippen molar-refractivity contribution in [3.05, 3.63) is 70.2 Å². The number of nitrogens with zero attached hydrogens (tertiary/aromatic N) is 2. The Bertz CT molecular complexity index is 1160. The third-order valence-corrected chi connectivity index (χ3v) is 5.55. The van der Waals surface area contributed by atoms with Crippen LogP contribution < -0.4 is 10.1 Å². The Hall–Kier alpha value is -2.71. The number of halogens is 2. The van der Waals surface area contributed by atoms with E-state index in [4.69, 9.17) is 17.0 Å². The van der Waals surface area contributed by atoms with Crippen molar-refractivity contribution in [1.82, 2.24) is 14.8 Å². The molecule has 0 saturated carbocycles. The summed E-state index contributed by atoms with van der Waals surface area (Å²) in [7, 11) is 1.64. The van der Waals surface area contributed by atoms with Gasteiger partial charge in [0.25, 0.3) is 5.91 Å². The second-order valence-electron chi connectivity index (χ2n) is 6.57. The van der Waals surface area contributed by atoms with Crippen LogP contribution in [0, 0.1) is 5.82 Å². The van der Waals surface area contributed by atoms with Crippen LogP contribution in [0.2, 0.25) is 0 Å². The lowest BCUT2D eigenvalue weighted by Crippen LogP contribution is -2.25. The van der Waals surface area contributed by atoms with E-state index in [1.165, 1.54) is 11.0 Å². The highest BCUT2D eigenvalue weighted by molar-refractivity contribution is 9.10. The molecule has 8 heteroatoms. The van der Waals surface area contributed by atoms with E-state index < -0.39 is 0 Å². The number of rotatable bonds is 5. The van der Waals surface area contributed by atoms with Gasteiger partial charge in [0.05, 0.1) is 6.54 Å². The molecule has 148 valence electrons. The highest BCUT2D eigenvalue weighted by atomic mass is 79.9. The topological polar surface area (TPSA) is 46.5 Å². The molecule has 0 spiro atoms. The molecule has 1 aliphatic heterocycles. The van der Waals surface area contributed by atoms with Crippen LogP contribution in [0.5, 0.6) is 5.75 Å². The lowest BCUT2D eigenvalue weighted by atomic mass is 10.1. The van der Waals surface area contributed by atoms with Gasteiger partial charge in [0.2, 0.25) is 0 Å². The van der Waals surface area contributed by atoms with Gasteiger partial charge in [0, 0.05) is 34.2 Å². The van der Waals surface area contributed by atoms with E-state index in [9.17, 15) is 9.18 Å². The number of ether oxygens (including phenoxy) is 1. The second kappa shape index (κ2) is 7.96. The van der Waals surface area contributed by atoms with Gasteiger partial charge in [-0.05, 0) is 48.6 Å². The molecule has 1 saturated heterocycles. The number of amides is 1. The standard InChI is InChI=1S/C21H17BrFN3O2S/c1-25-20(27)17(24-21(25)29)10-13-12-26(18-7-6-14(22)11-15(13)18)8-9-28-19-5-3-2-4-16(19)23/h2-7,10-12H,8-9H2,1H3,(H,24,29)/b17-10-. The van der Waals surface area contributed by atoms with E-state index >= 15 is 0 Å². The van der Waals surface area contributed by atoms with Crippen molar-refractivity contribution in [2.75, 3.05) is 13.7 Å². The number of hydrogen-bond acceptors (Lipinski definition) is 3. The molecule has 1 N–H and O–H groups in total. The van der Waals surface area contributed by atoms with Gasteiger partial charge >= 0.3 is 0 Å². The van der Waals surface area contributed by atoms with E-state index in [-0.39, 0.29) is 17.5 Å². The van der Waals surface area contributed by atoms with Crippen LogP contribution in [0.25, 0.3) is 17.0 Å². The van der Waals surface area contributed by atoms with Gasteiger partial charge in [-0.25, -0.2) is 4.39 Å². The van der Waals surface area contributed by atoms with Crippen LogP contribution in [0.3, 0.4) is 0 Å². The summed E-state index contributed by atoms with van der Waals surface area (Å²) in [4.78, 5) is 13.7. The Labute approximate surface area is 180 Å². The van der Waals surface area contributed by atoms with Gasteiger partial charge in [0.15, 0.2) is 16.7 Å². The monoisotopic (exact) mass is 473 g/mol. The molecule has 2 aromatic carbocycles. The van der Waals surface area contributed by atoms with E-state index in [0.29, 0.717) is 24.0 Å². The first-order chi connectivity index (χ1) is 13.9. The maximum absolute atomic E-state index is 13.7. The summed E-state index contributed by atoms with van der Waals surface area (Å²) in [5.74, 6) is -0.328. The molecule has 0 unspecified atom stereocenters. The largest absolute Gasteiger partial charge is 0.489 e. The van der Waals surface area contributed by atoms with Gasteiger partial charge in [-0.2, -0.15) is 0 Å². The van der Waals surface area contributed by atoms with Crippen molar-refractivity contribution in [3.8, 4) is 5.75 Å². The fourth-order valence-electron chi connectivity index (χ4n) is 3.19. The third kappa shape index (κ3) is 3.90. The first kappa shape index (κ1) is 19.6. The molecule has 0 atom stereocenters. The summed E-state index contributed by atoms with van der Waals surface area (Å²) in [6.45, 7) is 0.829. The minimum Gasteiger partial charge on any atom is -0.489 e. The second-order valence-corrected chi connectivity index (χ2v) is 7.87. The van der Waals surface area contributed by atoms with Crippen LogP contribution in [-0.2, 0) is 11.3 Å². The van der Waals surface area contributed by atoms with E-state index in [2.05, 4.69) is 21.2 Å². The number of nitrogens with one attached hydrogen (secondary N) is 1. The van der Waals surface area contributed by atoms with E-state index in [1.54, 1.807) is 31.3 Å². The SMILES string of the molecule is CN1C(=O)/C(=C/c2cn(CCOc3ccccc3F)c3ccc(Br)cc23)NC1=S. The highest BCUT2D eigenvalue weighted by Gasteiger charge is 2.27. The third-order valence-electron chi connectivity index (χ3n) is 4.68. The van der Waals surface area contributed by atoms with Crippen LogP contribution >= 0.6 is 28.1 Å². The Morgan fingerprint density at radius 3 is 2.79 bits per heavy atom. The maximum Gasteiger partial charge on any atom is 0.276 e. The highest BCUT2D eigenvalue weighted by Crippen LogP contribution is 2.28. The quantitative estimate of drug-likeness (QED) is 0.443. The van der Waals surface area contributed by atoms with Gasteiger partial charge in [-0.3, -0.25) is 9.69 Å². The number of likely N-dealkylation sites (N-methyl/N-ethyl adjacent to an activating group) is 1. The molecule has 1 amide bonds. The fourth-order valence-corrected chi connectivity index (χ4v) is 3.75. The smallest absolute Gasteiger partial charge is 0.276 e. The number of benzene rings is 2. The van der Waals surface area contributed by atoms with Crippen molar-refractivity contribution >= 4 is 56.1 Å². The summed E-state index contributed by atoms with van der Waals surface area (Å²) in [5, 5.41) is 4.30. The average Bonchev–Trinajstić information content (AvgIpc) is 3.15. The summed E-state index contributed by atoms with van der Waals surface area (Å²) >= 11 is 8.64. The molecule has 0 bridgehead atoms. The number of para-hydroxylation sites is 1. The van der Waals surface area contributed by atoms with Crippen molar-refractivity contribution in [2.24, 2.45) is 0 Å². The summed E-state index contributed by atoms with van der Waals surface area (Å²) < 4.78 is 22.3. The zero-order chi connectivity index (χ0) is 20.5.